The molecule has 35 heavy (non-hydrogen) atoms. The van der Waals surface area contributed by atoms with Gasteiger partial charge in [-0.05, 0) is 55.5 Å². The van der Waals surface area contributed by atoms with Crippen LogP contribution in [0.5, 0.6) is 5.75 Å². The number of aromatic nitrogens is 2. The lowest BCUT2D eigenvalue weighted by atomic mass is 9.94. The number of carbonyl (C=O) groups is 1. The molecule has 2 amide bonds. The third-order valence-corrected chi connectivity index (χ3v) is 6.85. The second-order valence-electron chi connectivity index (χ2n) is 8.36. The first kappa shape index (κ1) is 22.9. The van der Waals surface area contributed by atoms with Gasteiger partial charge in [-0.15, -0.1) is 11.3 Å². The number of urea groups is 1. The van der Waals surface area contributed by atoms with Gasteiger partial charge in [0.1, 0.15) is 5.75 Å². The number of hydrogen-bond donors (Lipinski definition) is 1. The maximum Gasteiger partial charge on any atom is 0.322 e. The number of benzene rings is 2. The van der Waals surface area contributed by atoms with Gasteiger partial charge in [0.25, 0.3) is 5.89 Å². The number of hydrogen-bond acceptors (Lipinski definition) is 6. The fraction of sp³-hybridized carbons (Fsp3) is 0.222. The highest BCUT2D eigenvalue weighted by atomic mass is 32.1. The number of amides is 2. The first-order chi connectivity index (χ1) is 17.0. The first-order valence-electron chi connectivity index (χ1n) is 11.5. The quantitative estimate of drug-likeness (QED) is 0.336. The normalized spacial score (nSPS) is 15.9. The highest BCUT2D eigenvalue weighted by molar-refractivity contribution is 7.13. The number of carbonyl (C=O) groups excluding carboxylic acids is 1. The van der Waals surface area contributed by atoms with Gasteiger partial charge >= 0.3 is 6.03 Å². The van der Waals surface area contributed by atoms with Gasteiger partial charge in [0.15, 0.2) is 0 Å². The van der Waals surface area contributed by atoms with Crippen LogP contribution >= 0.6 is 11.3 Å². The molecule has 1 aliphatic heterocycles. The fourth-order valence-corrected chi connectivity index (χ4v) is 4.79. The lowest BCUT2D eigenvalue weighted by molar-refractivity contribution is 0.203. The number of allylic oxidation sites excluding steroid dienone is 1. The van der Waals surface area contributed by atoms with Crippen molar-refractivity contribution in [2.75, 3.05) is 6.61 Å². The van der Waals surface area contributed by atoms with E-state index in [4.69, 9.17) is 14.2 Å². The summed E-state index contributed by atoms with van der Waals surface area (Å²) in [5, 5.41) is 9.34. The summed E-state index contributed by atoms with van der Waals surface area (Å²) in [5.41, 5.74) is 4.65. The summed E-state index contributed by atoms with van der Waals surface area (Å²) in [7, 11) is 0. The van der Waals surface area contributed by atoms with Gasteiger partial charge in [-0.25, -0.2) is 4.79 Å². The van der Waals surface area contributed by atoms with E-state index in [0.29, 0.717) is 24.9 Å². The maximum absolute atomic E-state index is 13.3. The number of rotatable bonds is 7. The Hall–Kier alpha value is -3.91. The molecular weight excluding hydrogens is 460 g/mol. The van der Waals surface area contributed by atoms with Gasteiger partial charge < -0.3 is 14.6 Å². The van der Waals surface area contributed by atoms with E-state index >= 15 is 0 Å². The van der Waals surface area contributed by atoms with Crippen LogP contribution in [0.25, 0.3) is 16.3 Å². The summed E-state index contributed by atoms with van der Waals surface area (Å²) < 4.78 is 11.3. The van der Waals surface area contributed by atoms with Gasteiger partial charge in [0.2, 0.25) is 5.82 Å². The minimum Gasteiger partial charge on any atom is -0.494 e. The Morgan fingerprint density at radius 3 is 2.54 bits per heavy atom. The van der Waals surface area contributed by atoms with Crippen molar-refractivity contribution in [1.82, 2.24) is 20.4 Å². The summed E-state index contributed by atoms with van der Waals surface area (Å²) >= 11 is 1.55. The van der Waals surface area contributed by atoms with Gasteiger partial charge in [0, 0.05) is 5.70 Å². The average molecular weight is 487 g/mol. The minimum absolute atomic E-state index is 0.177. The monoisotopic (exact) mass is 486 g/mol. The molecule has 0 fully saturated rings. The summed E-state index contributed by atoms with van der Waals surface area (Å²) in [5.74, 6) is 1.74. The average Bonchev–Trinajstić information content (AvgIpc) is 3.56. The predicted molar refractivity (Wildman–Crippen MR) is 136 cm³/mol. The van der Waals surface area contributed by atoms with Gasteiger partial charge in [-0.2, -0.15) is 4.98 Å². The SMILES string of the molecule is CCOc1ccc(CN2C(=O)NC(c3ccc(C)cc3)C(c3nc(-c4cccs4)no3)=C2C)cc1. The van der Waals surface area contributed by atoms with Crippen molar-refractivity contribution >= 4 is 22.9 Å². The molecule has 1 aliphatic rings. The smallest absolute Gasteiger partial charge is 0.322 e. The van der Waals surface area contributed by atoms with Crippen LogP contribution in [0.15, 0.2) is 76.3 Å². The Kier molecular flexibility index (Phi) is 6.37. The largest absolute Gasteiger partial charge is 0.494 e. The second kappa shape index (κ2) is 9.76. The molecule has 1 N–H and O–H groups in total. The Morgan fingerprint density at radius 1 is 1.09 bits per heavy atom. The van der Waals surface area contributed by atoms with Crippen LogP contribution in [0.2, 0.25) is 0 Å². The fourth-order valence-electron chi connectivity index (χ4n) is 4.14. The van der Waals surface area contributed by atoms with Gasteiger partial charge in [-0.1, -0.05) is 53.2 Å². The van der Waals surface area contributed by atoms with E-state index in [1.807, 2.05) is 86.8 Å². The minimum atomic E-state index is -0.406. The Balaban J connectivity index is 1.54. The van der Waals surface area contributed by atoms with Gasteiger partial charge in [0.05, 0.1) is 29.6 Å². The number of ether oxygens (including phenoxy) is 1. The van der Waals surface area contributed by atoms with E-state index in [1.165, 1.54) is 0 Å². The molecule has 178 valence electrons. The van der Waals surface area contributed by atoms with E-state index in [1.54, 1.807) is 16.2 Å². The molecule has 0 saturated carbocycles. The van der Waals surface area contributed by atoms with Crippen LogP contribution in [0, 0.1) is 6.92 Å². The molecule has 1 atom stereocenters. The van der Waals surface area contributed by atoms with Crippen LogP contribution in [0.4, 0.5) is 4.79 Å². The summed E-state index contributed by atoms with van der Waals surface area (Å²) in [4.78, 5) is 20.6. The van der Waals surface area contributed by atoms with E-state index in [-0.39, 0.29) is 6.03 Å². The van der Waals surface area contributed by atoms with Crippen molar-refractivity contribution in [2.45, 2.75) is 33.4 Å². The predicted octanol–water partition coefficient (Wildman–Crippen LogP) is 6.20. The lowest BCUT2D eigenvalue weighted by Crippen LogP contribution is -2.45. The summed E-state index contributed by atoms with van der Waals surface area (Å²) in [6.07, 6.45) is 0. The molecule has 0 saturated heterocycles. The lowest BCUT2D eigenvalue weighted by Gasteiger charge is -2.35. The maximum atomic E-state index is 13.3. The van der Waals surface area contributed by atoms with Crippen molar-refractivity contribution in [3.05, 3.63) is 94.3 Å². The van der Waals surface area contributed by atoms with Crippen LogP contribution in [-0.2, 0) is 6.54 Å². The molecule has 4 aromatic rings. The third kappa shape index (κ3) is 4.70. The number of aryl methyl sites for hydroxylation is 1. The van der Waals surface area contributed by atoms with Crippen molar-refractivity contribution in [1.29, 1.82) is 0 Å². The molecule has 0 spiro atoms. The molecule has 0 bridgehead atoms. The summed E-state index contributed by atoms with van der Waals surface area (Å²) in [6.45, 7) is 6.93. The standard InChI is InChI=1S/C27H26N4O3S/c1-4-33-21-13-9-19(10-14-21)16-31-18(3)23(26-29-25(30-34-26)22-6-5-15-35-22)24(28-27(31)32)20-11-7-17(2)8-12-20/h5-15,24H,4,16H2,1-3H3,(H,28,32). The van der Waals surface area contributed by atoms with E-state index in [0.717, 1.165) is 38.6 Å². The second-order valence-corrected chi connectivity index (χ2v) is 9.30. The molecule has 5 rings (SSSR count). The Morgan fingerprint density at radius 2 is 1.86 bits per heavy atom. The number of nitrogens with one attached hydrogen (secondary N) is 1. The van der Waals surface area contributed by atoms with E-state index in [2.05, 4.69) is 10.5 Å². The Labute approximate surface area is 208 Å². The highest BCUT2D eigenvalue weighted by Crippen LogP contribution is 2.38. The first-order valence-corrected chi connectivity index (χ1v) is 12.4. The molecule has 0 aliphatic carbocycles. The molecule has 1 unspecified atom stereocenters. The van der Waals surface area contributed by atoms with Crippen LogP contribution in [-0.4, -0.2) is 27.7 Å². The Bertz CT molecular complexity index is 1340. The molecule has 3 heterocycles. The molecular formula is C27H26N4O3S. The molecule has 2 aromatic heterocycles. The zero-order valence-corrected chi connectivity index (χ0v) is 20.6. The van der Waals surface area contributed by atoms with Crippen LogP contribution in [0.1, 0.15) is 42.5 Å². The van der Waals surface area contributed by atoms with Crippen LogP contribution in [0.3, 0.4) is 0 Å². The highest BCUT2D eigenvalue weighted by Gasteiger charge is 2.35. The number of nitrogens with zero attached hydrogens (tertiary/aromatic N) is 3. The van der Waals surface area contributed by atoms with Crippen molar-refractivity contribution in [2.24, 2.45) is 0 Å². The van der Waals surface area contributed by atoms with Crippen molar-refractivity contribution in [3.63, 3.8) is 0 Å². The molecule has 2 aromatic carbocycles. The number of thiophene rings is 1. The van der Waals surface area contributed by atoms with Crippen LogP contribution < -0.4 is 10.1 Å². The molecule has 0 radical (unpaired) electrons. The zero-order valence-electron chi connectivity index (χ0n) is 19.8. The zero-order chi connectivity index (χ0) is 24.4. The molecule has 7 nitrogen and oxygen atoms in total. The third-order valence-electron chi connectivity index (χ3n) is 5.98. The van der Waals surface area contributed by atoms with Crippen molar-refractivity contribution in [3.8, 4) is 16.5 Å². The van der Waals surface area contributed by atoms with Crippen molar-refractivity contribution < 1.29 is 14.1 Å². The van der Waals surface area contributed by atoms with E-state index < -0.39 is 6.04 Å². The topological polar surface area (TPSA) is 80.5 Å². The van der Waals surface area contributed by atoms with E-state index in [9.17, 15) is 4.79 Å². The van der Waals surface area contributed by atoms with Gasteiger partial charge in [-0.3, -0.25) is 4.90 Å². The summed E-state index contributed by atoms with van der Waals surface area (Å²) in [6, 6.07) is 19.2. The molecule has 8 heteroatoms.